The number of para-hydroxylation sites is 3. The van der Waals surface area contributed by atoms with Crippen LogP contribution in [0.5, 0.6) is 0 Å². The lowest BCUT2D eigenvalue weighted by Crippen LogP contribution is -2.10. The summed E-state index contributed by atoms with van der Waals surface area (Å²) in [6.45, 7) is 4.30. The van der Waals surface area contributed by atoms with Gasteiger partial charge in [0.15, 0.2) is 0 Å². The fourth-order valence-corrected chi connectivity index (χ4v) is 4.27. The van der Waals surface area contributed by atoms with Gasteiger partial charge in [-0.3, -0.25) is 4.57 Å². The third-order valence-corrected chi connectivity index (χ3v) is 5.71. The van der Waals surface area contributed by atoms with E-state index in [2.05, 4.69) is 114 Å². The van der Waals surface area contributed by atoms with Crippen LogP contribution in [0.1, 0.15) is 11.1 Å². The van der Waals surface area contributed by atoms with E-state index in [1.54, 1.807) is 0 Å². The third kappa shape index (κ3) is 3.69. The first-order valence-electron chi connectivity index (χ1n) is 10.8. The maximum atomic E-state index is 4.74. The van der Waals surface area contributed by atoms with Gasteiger partial charge < -0.3 is 4.90 Å². The number of benzene rings is 4. The molecule has 1 heterocycles. The monoisotopic (exact) mass is 415 g/mol. The van der Waals surface area contributed by atoms with E-state index >= 15 is 0 Å². The fourth-order valence-electron chi connectivity index (χ4n) is 4.27. The number of imidazole rings is 1. The smallest absolute Gasteiger partial charge is 0.144 e. The molecule has 0 amide bonds. The Morgan fingerprint density at radius 3 is 1.81 bits per heavy atom. The van der Waals surface area contributed by atoms with Gasteiger partial charge in [-0.15, -0.1) is 0 Å². The summed E-state index contributed by atoms with van der Waals surface area (Å²) in [7, 11) is 0. The fraction of sp³-hybridized carbons (Fsp3) is 0.0690. The minimum absolute atomic E-state index is 0.935. The molecule has 0 atom stereocenters. The minimum Gasteiger partial charge on any atom is -0.310 e. The molecule has 0 saturated carbocycles. The second-order valence-corrected chi connectivity index (χ2v) is 7.92. The summed E-state index contributed by atoms with van der Waals surface area (Å²) in [5.74, 6) is 0.935. The van der Waals surface area contributed by atoms with Crippen molar-refractivity contribution in [1.82, 2.24) is 9.55 Å². The van der Waals surface area contributed by atoms with Crippen molar-refractivity contribution >= 4 is 17.1 Å². The number of hydrogen-bond acceptors (Lipinski definition) is 2. The Kier molecular flexibility index (Phi) is 5.30. The Balaban J connectivity index is 1.64. The van der Waals surface area contributed by atoms with Gasteiger partial charge in [-0.2, -0.15) is 0 Å². The van der Waals surface area contributed by atoms with E-state index in [0.717, 1.165) is 28.5 Å². The summed E-state index contributed by atoms with van der Waals surface area (Å²) in [4.78, 5) is 7.01. The standard InChI is InChI=1S/C29H25N3/c1-22-11-9-12-23(2)28(22)31-20-19-30-29(31)24-13-10-18-27(21-24)32(25-14-5-3-6-15-25)26-16-7-4-8-17-26/h3-21H,1-2H3. The van der Waals surface area contributed by atoms with E-state index in [4.69, 9.17) is 4.98 Å². The normalized spacial score (nSPS) is 10.8. The molecule has 0 unspecified atom stereocenters. The molecule has 0 saturated heterocycles. The minimum atomic E-state index is 0.935. The highest BCUT2D eigenvalue weighted by molar-refractivity contribution is 5.79. The van der Waals surface area contributed by atoms with Crippen LogP contribution in [0, 0.1) is 13.8 Å². The maximum Gasteiger partial charge on any atom is 0.144 e. The zero-order chi connectivity index (χ0) is 21.9. The molecule has 5 rings (SSSR count). The van der Waals surface area contributed by atoms with Crippen molar-refractivity contribution in [1.29, 1.82) is 0 Å². The molecule has 0 N–H and O–H groups in total. The predicted octanol–water partition coefficient (Wildman–Crippen LogP) is 7.63. The Bertz CT molecular complexity index is 1280. The van der Waals surface area contributed by atoms with Gasteiger partial charge in [-0.05, 0) is 61.4 Å². The predicted molar refractivity (Wildman–Crippen MR) is 133 cm³/mol. The highest BCUT2D eigenvalue weighted by Gasteiger charge is 2.15. The van der Waals surface area contributed by atoms with Crippen molar-refractivity contribution in [2.45, 2.75) is 13.8 Å². The average molecular weight is 416 g/mol. The largest absolute Gasteiger partial charge is 0.310 e. The lowest BCUT2D eigenvalue weighted by Gasteiger charge is -2.26. The van der Waals surface area contributed by atoms with E-state index < -0.39 is 0 Å². The lowest BCUT2D eigenvalue weighted by atomic mass is 10.1. The Hall–Kier alpha value is -4.11. The molecule has 156 valence electrons. The molecule has 0 radical (unpaired) electrons. The van der Waals surface area contributed by atoms with Crippen LogP contribution in [0.2, 0.25) is 0 Å². The summed E-state index contributed by atoms with van der Waals surface area (Å²) < 4.78 is 2.19. The summed E-state index contributed by atoms with van der Waals surface area (Å²) in [6, 6.07) is 35.9. The molecule has 1 aromatic heterocycles. The first-order valence-corrected chi connectivity index (χ1v) is 10.8. The van der Waals surface area contributed by atoms with Gasteiger partial charge in [0.05, 0.1) is 5.69 Å². The molecule has 0 spiro atoms. The zero-order valence-corrected chi connectivity index (χ0v) is 18.3. The van der Waals surface area contributed by atoms with Crippen molar-refractivity contribution in [3.8, 4) is 17.1 Å². The second-order valence-electron chi connectivity index (χ2n) is 7.92. The molecule has 5 aromatic rings. The number of rotatable bonds is 5. The van der Waals surface area contributed by atoms with Gasteiger partial charge in [0, 0.05) is 35.0 Å². The second kappa shape index (κ2) is 8.56. The van der Waals surface area contributed by atoms with Crippen LogP contribution in [0.15, 0.2) is 116 Å². The van der Waals surface area contributed by atoms with Crippen molar-refractivity contribution in [2.24, 2.45) is 0 Å². The highest BCUT2D eigenvalue weighted by Crippen LogP contribution is 2.36. The summed E-state index contributed by atoms with van der Waals surface area (Å²) >= 11 is 0. The van der Waals surface area contributed by atoms with E-state index in [0.29, 0.717) is 0 Å². The molecular formula is C29H25N3. The van der Waals surface area contributed by atoms with Crippen molar-refractivity contribution in [3.63, 3.8) is 0 Å². The number of aryl methyl sites for hydroxylation is 2. The Morgan fingerprint density at radius 1 is 0.625 bits per heavy atom. The molecule has 3 nitrogen and oxygen atoms in total. The Morgan fingerprint density at radius 2 is 1.19 bits per heavy atom. The molecule has 3 heteroatoms. The van der Waals surface area contributed by atoms with Crippen LogP contribution < -0.4 is 4.90 Å². The van der Waals surface area contributed by atoms with Crippen molar-refractivity contribution in [3.05, 3.63) is 127 Å². The van der Waals surface area contributed by atoms with Crippen LogP contribution in [0.4, 0.5) is 17.1 Å². The topological polar surface area (TPSA) is 21.1 Å². The lowest BCUT2D eigenvalue weighted by molar-refractivity contribution is 1.03. The number of aromatic nitrogens is 2. The van der Waals surface area contributed by atoms with Crippen LogP contribution in [0.3, 0.4) is 0 Å². The molecular weight excluding hydrogens is 390 g/mol. The first kappa shape index (κ1) is 19.8. The highest BCUT2D eigenvalue weighted by atomic mass is 15.1. The van der Waals surface area contributed by atoms with Gasteiger partial charge in [0.2, 0.25) is 0 Å². The van der Waals surface area contributed by atoms with E-state index in [9.17, 15) is 0 Å². The van der Waals surface area contributed by atoms with Crippen molar-refractivity contribution < 1.29 is 0 Å². The van der Waals surface area contributed by atoms with Crippen LogP contribution in [-0.2, 0) is 0 Å². The molecule has 0 aliphatic heterocycles. The molecule has 32 heavy (non-hydrogen) atoms. The van der Waals surface area contributed by atoms with Gasteiger partial charge in [0.1, 0.15) is 5.82 Å². The number of nitrogens with zero attached hydrogens (tertiary/aromatic N) is 3. The van der Waals surface area contributed by atoms with E-state index in [1.807, 2.05) is 24.5 Å². The van der Waals surface area contributed by atoms with Gasteiger partial charge in [-0.25, -0.2) is 4.98 Å². The van der Waals surface area contributed by atoms with Crippen molar-refractivity contribution in [2.75, 3.05) is 4.90 Å². The molecule has 4 aromatic carbocycles. The van der Waals surface area contributed by atoms with E-state index in [1.165, 1.54) is 16.8 Å². The summed E-state index contributed by atoms with van der Waals surface area (Å²) in [5.41, 5.74) is 8.06. The number of hydrogen-bond donors (Lipinski definition) is 0. The van der Waals surface area contributed by atoms with Crippen LogP contribution >= 0.6 is 0 Å². The van der Waals surface area contributed by atoms with Crippen LogP contribution in [-0.4, -0.2) is 9.55 Å². The summed E-state index contributed by atoms with van der Waals surface area (Å²) in [6.07, 6.45) is 3.92. The van der Waals surface area contributed by atoms with Gasteiger partial charge in [0.25, 0.3) is 0 Å². The summed E-state index contributed by atoms with van der Waals surface area (Å²) in [5, 5.41) is 0. The average Bonchev–Trinajstić information content (AvgIpc) is 3.30. The Labute approximate surface area is 189 Å². The molecule has 0 fully saturated rings. The quantitative estimate of drug-likeness (QED) is 0.294. The molecule has 0 aliphatic carbocycles. The van der Waals surface area contributed by atoms with Gasteiger partial charge in [-0.1, -0.05) is 66.7 Å². The molecule has 0 bridgehead atoms. The number of anilines is 3. The van der Waals surface area contributed by atoms with E-state index in [-0.39, 0.29) is 0 Å². The molecule has 0 aliphatic rings. The first-order chi connectivity index (χ1) is 15.7. The SMILES string of the molecule is Cc1cccc(C)c1-n1ccnc1-c1cccc(N(c2ccccc2)c2ccccc2)c1. The van der Waals surface area contributed by atoms with Crippen LogP contribution in [0.25, 0.3) is 17.1 Å². The maximum absolute atomic E-state index is 4.74. The zero-order valence-electron chi connectivity index (χ0n) is 18.3. The third-order valence-electron chi connectivity index (χ3n) is 5.71. The van der Waals surface area contributed by atoms with Gasteiger partial charge >= 0.3 is 0 Å².